The van der Waals surface area contributed by atoms with Crippen LogP contribution in [0, 0.1) is 11.8 Å². The lowest BCUT2D eigenvalue weighted by Gasteiger charge is -2.27. The molecule has 2 unspecified atom stereocenters. The summed E-state index contributed by atoms with van der Waals surface area (Å²) in [6, 6.07) is 6.41. The van der Waals surface area contributed by atoms with E-state index in [-0.39, 0.29) is 17.7 Å². The highest BCUT2D eigenvalue weighted by Crippen LogP contribution is 2.18. The van der Waals surface area contributed by atoms with Crippen molar-refractivity contribution >= 4 is 11.8 Å². The van der Waals surface area contributed by atoms with E-state index in [9.17, 15) is 9.59 Å². The van der Waals surface area contributed by atoms with E-state index >= 15 is 0 Å². The predicted octanol–water partition coefficient (Wildman–Crippen LogP) is 1.65. The zero-order valence-electron chi connectivity index (χ0n) is 15.3. The van der Waals surface area contributed by atoms with E-state index in [4.69, 9.17) is 10.5 Å². The average molecular weight is 347 g/mol. The predicted molar refractivity (Wildman–Crippen MR) is 97.4 cm³/mol. The Hall–Kier alpha value is -2.08. The Morgan fingerprint density at radius 2 is 2.00 bits per heavy atom. The minimum Gasteiger partial charge on any atom is -0.494 e. The summed E-state index contributed by atoms with van der Waals surface area (Å²) in [5.74, 6) is 0.824. The fourth-order valence-corrected chi connectivity index (χ4v) is 3.03. The van der Waals surface area contributed by atoms with Crippen molar-refractivity contribution in [3.05, 3.63) is 29.8 Å². The van der Waals surface area contributed by atoms with Gasteiger partial charge in [-0.05, 0) is 56.0 Å². The second-order valence-electron chi connectivity index (χ2n) is 6.83. The monoisotopic (exact) mass is 347 g/mol. The van der Waals surface area contributed by atoms with Crippen LogP contribution in [0.25, 0.3) is 0 Å². The summed E-state index contributed by atoms with van der Waals surface area (Å²) in [6.45, 7) is 8.35. The van der Waals surface area contributed by atoms with Gasteiger partial charge in [-0.25, -0.2) is 0 Å². The molecule has 0 aromatic heterocycles. The fourth-order valence-electron chi connectivity index (χ4n) is 3.03. The Morgan fingerprint density at radius 1 is 1.32 bits per heavy atom. The molecule has 1 aromatic carbocycles. The first-order valence-corrected chi connectivity index (χ1v) is 8.98. The van der Waals surface area contributed by atoms with E-state index in [0.29, 0.717) is 37.7 Å². The van der Waals surface area contributed by atoms with Crippen molar-refractivity contribution in [3.8, 4) is 5.75 Å². The number of nitrogens with zero attached hydrogens (tertiary/aromatic N) is 1. The smallest absolute Gasteiger partial charge is 0.251 e. The second-order valence-corrected chi connectivity index (χ2v) is 6.83. The van der Waals surface area contributed by atoms with Crippen LogP contribution in [0.1, 0.15) is 37.6 Å². The van der Waals surface area contributed by atoms with Gasteiger partial charge in [-0.1, -0.05) is 13.8 Å². The van der Waals surface area contributed by atoms with Gasteiger partial charge in [-0.15, -0.1) is 0 Å². The third kappa shape index (κ3) is 4.95. The number of hydrogen-bond donors (Lipinski definition) is 2. The zero-order chi connectivity index (χ0) is 18.4. The summed E-state index contributed by atoms with van der Waals surface area (Å²) in [6.07, 6.45) is 0.930. The molecular formula is C19H29N3O3. The molecule has 3 N–H and O–H groups in total. The number of hydrogen-bond acceptors (Lipinski definition) is 4. The topological polar surface area (TPSA) is 84.7 Å². The van der Waals surface area contributed by atoms with Gasteiger partial charge in [0, 0.05) is 18.7 Å². The summed E-state index contributed by atoms with van der Waals surface area (Å²) in [4.78, 5) is 27.2. The number of benzene rings is 1. The van der Waals surface area contributed by atoms with Crippen LogP contribution < -0.4 is 15.8 Å². The number of nitrogens with two attached hydrogens (primary N) is 1. The molecule has 0 bridgehead atoms. The highest BCUT2D eigenvalue weighted by atomic mass is 16.5. The van der Waals surface area contributed by atoms with E-state index in [0.717, 1.165) is 12.2 Å². The van der Waals surface area contributed by atoms with Crippen molar-refractivity contribution in [3.63, 3.8) is 0 Å². The van der Waals surface area contributed by atoms with Crippen molar-refractivity contribution in [1.29, 1.82) is 0 Å². The molecule has 1 aliphatic rings. The van der Waals surface area contributed by atoms with Crippen molar-refractivity contribution in [2.45, 2.75) is 33.2 Å². The van der Waals surface area contributed by atoms with E-state index in [2.05, 4.69) is 5.32 Å². The molecule has 0 spiro atoms. The lowest BCUT2D eigenvalue weighted by Crippen LogP contribution is -2.50. The molecular weight excluding hydrogens is 318 g/mol. The maximum Gasteiger partial charge on any atom is 0.251 e. The van der Waals surface area contributed by atoms with Crippen LogP contribution >= 0.6 is 0 Å². The number of likely N-dealkylation sites (tertiary alicyclic amines) is 1. The van der Waals surface area contributed by atoms with Crippen LogP contribution in [0.3, 0.4) is 0 Å². The maximum absolute atomic E-state index is 12.8. The standard InChI is InChI=1S/C19H29N3O3/c1-4-25-16-7-5-15(6-8-16)18(23)21-17(13(2)3)19(24)22-10-9-14(11-20)12-22/h5-8,13-14,17H,4,9-12,20H2,1-3H3,(H,21,23). The number of amides is 2. The molecule has 25 heavy (non-hydrogen) atoms. The molecule has 2 atom stereocenters. The highest BCUT2D eigenvalue weighted by Gasteiger charge is 2.33. The second kappa shape index (κ2) is 8.85. The first-order valence-electron chi connectivity index (χ1n) is 8.98. The van der Waals surface area contributed by atoms with Crippen LogP contribution in [0.5, 0.6) is 5.75 Å². The molecule has 0 aliphatic carbocycles. The Balaban J connectivity index is 2.02. The summed E-state index contributed by atoms with van der Waals surface area (Å²) in [5, 5.41) is 2.89. The lowest BCUT2D eigenvalue weighted by atomic mass is 10.0. The molecule has 1 saturated heterocycles. The summed E-state index contributed by atoms with van der Waals surface area (Å²) in [5.41, 5.74) is 6.22. The minimum atomic E-state index is -0.532. The summed E-state index contributed by atoms with van der Waals surface area (Å²) < 4.78 is 5.38. The molecule has 6 heteroatoms. The fraction of sp³-hybridized carbons (Fsp3) is 0.579. The van der Waals surface area contributed by atoms with Crippen molar-refractivity contribution in [2.24, 2.45) is 17.6 Å². The average Bonchev–Trinajstić information content (AvgIpc) is 3.08. The Morgan fingerprint density at radius 3 is 2.52 bits per heavy atom. The normalized spacial score (nSPS) is 18.3. The molecule has 0 saturated carbocycles. The number of rotatable bonds is 7. The Kier molecular flexibility index (Phi) is 6.82. The van der Waals surface area contributed by atoms with E-state index in [1.807, 2.05) is 25.7 Å². The molecule has 0 radical (unpaired) electrons. The van der Waals surface area contributed by atoms with E-state index in [1.165, 1.54) is 0 Å². The van der Waals surface area contributed by atoms with Gasteiger partial charge in [0.25, 0.3) is 5.91 Å². The first-order chi connectivity index (χ1) is 12.0. The quantitative estimate of drug-likeness (QED) is 0.785. The van der Waals surface area contributed by atoms with Crippen molar-refractivity contribution in [1.82, 2.24) is 10.2 Å². The number of nitrogens with one attached hydrogen (secondary N) is 1. The van der Waals surface area contributed by atoms with Crippen LogP contribution in [-0.4, -0.2) is 49.0 Å². The van der Waals surface area contributed by atoms with E-state index in [1.54, 1.807) is 24.3 Å². The van der Waals surface area contributed by atoms with Crippen LogP contribution in [0.4, 0.5) is 0 Å². The van der Waals surface area contributed by atoms with Crippen LogP contribution in [0.15, 0.2) is 24.3 Å². The number of ether oxygens (including phenoxy) is 1. The largest absolute Gasteiger partial charge is 0.494 e. The van der Waals surface area contributed by atoms with Gasteiger partial charge in [-0.2, -0.15) is 0 Å². The Labute approximate surface area is 149 Å². The molecule has 138 valence electrons. The zero-order valence-corrected chi connectivity index (χ0v) is 15.3. The molecule has 1 aliphatic heterocycles. The minimum absolute atomic E-state index is 0.0103. The summed E-state index contributed by atoms with van der Waals surface area (Å²) >= 11 is 0. The lowest BCUT2D eigenvalue weighted by molar-refractivity contribution is -0.133. The molecule has 6 nitrogen and oxygen atoms in total. The molecule has 1 heterocycles. The van der Waals surface area contributed by atoms with Crippen LogP contribution in [0.2, 0.25) is 0 Å². The summed E-state index contributed by atoms with van der Waals surface area (Å²) in [7, 11) is 0. The van der Waals surface area contributed by atoms with Gasteiger partial charge in [0.1, 0.15) is 11.8 Å². The maximum atomic E-state index is 12.8. The van der Waals surface area contributed by atoms with Crippen molar-refractivity contribution in [2.75, 3.05) is 26.2 Å². The third-order valence-corrected chi connectivity index (χ3v) is 4.58. The SMILES string of the molecule is CCOc1ccc(C(=O)NC(C(=O)N2CCC(CN)C2)C(C)C)cc1. The molecule has 2 amide bonds. The van der Waals surface area contributed by atoms with Crippen LogP contribution in [-0.2, 0) is 4.79 Å². The van der Waals surface area contributed by atoms with Gasteiger partial charge >= 0.3 is 0 Å². The van der Waals surface area contributed by atoms with Gasteiger partial charge in [0.05, 0.1) is 6.61 Å². The Bertz CT molecular complexity index is 586. The third-order valence-electron chi connectivity index (χ3n) is 4.58. The molecule has 1 aromatic rings. The first kappa shape index (κ1) is 19.2. The highest BCUT2D eigenvalue weighted by molar-refractivity contribution is 5.97. The van der Waals surface area contributed by atoms with Gasteiger partial charge in [0.15, 0.2) is 0 Å². The number of carbonyl (C=O) groups is 2. The van der Waals surface area contributed by atoms with Gasteiger partial charge in [0.2, 0.25) is 5.91 Å². The molecule has 2 rings (SSSR count). The van der Waals surface area contributed by atoms with Gasteiger partial charge in [-0.3, -0.25) is 9.59 Å². The van der Waals surface area contributed by atoms with E-state index < -0.39 is 6.04 Å². The van der Waals surface area contributed by atoms with Crippen molar-refractivity contribution < 1.29 is 14.3 Å². The van der Waals surface area contributed by atoms with Gasteiger partial charge < -0.3 is 20.7 Å². The number of carbonyl (C=O) groups excluding carboxylic acids is 2. The molecule has 1 fully saturated rings.